The van der Waals surface area contributed by atoms with Crippen molar-refractivity contribution in [3.8, 4) is 0 Å². The van der Waals surface area contributed by atoms with E-state index in [-0.39, 0.29) is 0 Å². The van der Waals surface area contributed by atoms with Crippen LogP contribution in [0, 0.1) is 0 Å². The molecule has 0 bridgehead atoms. The van der Waals surface area contributed by atoms with E-state index < -0.39 is 0 Å². The van der Waals surface area contributed by atoms with E-state index in [9.17, 15) is 0 Å². The molecule has 0 radical (unpaired) electrons. The third-order valence-corrected chi connectivity index (χ3v) is 2.27. The molecule has 4 heteroatoms. The molecule has 84 valence electrons. The Balaban J connectivity index is 3.02. The summed E-state index contributed by atoms with van der Waals surface area (Å²) in [6.07, 6.45) is 0. The van der Waals surface area contributed by atoms with E-state index in [0.29, 0.717) is 5.96 Å². The molecule has 0 heterocycles. The van der Waals surface area contributed by atoms with Crippen LogP contribution < -0.4 is 0 Å². The van der Waals surface area contributed by atoms with Crippen LogP contribution in [0.25, 0.3) is 0 Å². The first-order valence-corrected chi connectivity index (χ1v) is 5.69. The fourth-order valence-electron chi connectivity index (χ4n) is 1.33. The lowest BCUT2D eigenvalue weighted by molar-refractivity contribution is 0.461. The number of nitrogens with zero attached hydrogens (tertiary/aromatic N) is 3. The van der Waals surface area contributed by atoms with Crippen LogP contribution in [-0.2, 0) is 0 Å². The maximum Gasteiger partial charge on any atom is 0.235 e. The molecular weight excluding hydrogens is 218 g/mol. The van der Waals surface area contributed by atoms with Crippen molar-refractivity contribution in [2.75, 3.05) is 13.1 Å². The lowest BCUT2D eigenvalue weighted by Crippen LogP contribution is -2.28. The van der Waals surface area contributed by atoms with Crippen molar-refractivity contribution >= 4 is 29.0 Å². The quantitative estimate of drug-likeness (QED) is 0.456. The molecule has 0 N–H and O–H groups in total. The smallest absolute Gasteiger partial charge is 0.235 e. The molecule has 0 atom stereocenters. The number of rotatable bonds is 3. The lowest BCUT2D eigenvalue weighted by Gasteiger charge is -2.18. The van der Waals surface area contributed by atoms with Gasteiger partial charge in [0, 0.05) is 13.1 Å². The monoisotopic (exact) mass is 233 g/mol. The van der Waals surface area contributed by atoms with E-state index in [4.69, 9.17) is 0 Å². The summed E-state index contributed by atoms with van der Waals surface area (Å²) in [4.78, 5) is 10.5. The number of aliphatic imine (C=N–C) groups is 2. The van der Waals surface area contributed by atoms with Gasteiger partial charge in [0.1, 0.15) is 0 Å². The van der Waals surface area contributed by atoms with Gasteiger partial charge in [-0.15, -0.1) is 0 Å². The van der Waals surface area contributed by atoms with E-state index in [1.165, 1.54) is 0 Å². The van der Waals surface area contributed by atoms with E-state index in [2.05, 4.69) is 41.2 Å². The van der Waals surface area contributed by atoms with E-state index in [0.717, 1.165) is 18.8 Å². The molecule has 0 saturated carbocycles. The van der Waals surface area contributed by atoms with E-state index in [1.807, 2.05) is 35.2 Å². The second-order valence-corrected chi connectivity index (χ2v) is 3.31. The standard InChI is InChI=1S/C12H15N3S/c1-3-15(4-2)12(13-10-16)14-11-8-6-5-7-9-11/h5-9H,3-4H2,1-2H3. The molecule has 1 aromatic rings. The number of isothiocyanates is 1. The molecule has 1 aromatic carbocycles. The van der Waals surface area contributed by atoms with Gasteiger partial charge in [-0.1, -0.05) is 18.2 Å². The molecule has 0 unspecified atom stereocenters. The molecule has 0 aliphatic heterocycles. The second-order valence-electron chi connectivity index (χ2n) is 3.12. The Kier molecular flexibility index (Phi) is 5.40. The summed E-state index contributed by atoms with van der Waals surface area (Å²) >= 11 is 4.64. The summed E-state index contributed by atoms with van der Waals surface area (Å²) in [5.41, 5.74) is 0.874. The van der Waals surface area contributed by atoms with Crippen LogP contribution in [0.4, 0.5) is 5.69 Å². The van der Waals surface area contributed by atoms with Gasteiger partial charge in [-0.25, -0.2) is 4.99 Å². The number of para-hydroxylation sites is 1. The Hall–Kier alpha value is -1.51. The maximum atomic E-state index is 4.64. The molecular formula is C12H15N3S. The number of guanidine groups is 1. The molecule has 0 fully saturated rings. The average molecular weight is 233 g/mol. The molecule has 16 heavy (non-hydrogen) atoms. The van der Waals surface area contributed by atoms with Crippen LogP contribution >= 0.6 is 12.2 Å². The second kappa shape index (κ2) is 6.88. The molecule has 0 aliphatic carbocycles. The zero-order valence-corrected chi connectivity index (χ0v) is 10.4. The lowest BCUT2D eigenvalue weighted by atomic mass is 10.3. The van der Waals surface area contributed by atoms with Gasteiger partial charge < -0.3 is 4.90 Å². The van der Waals surface area contributed by atoms with Gasteiger partial charge in [0.05, 0.1) is 10.8 Å². The minimum atomic E-state index is 0.617. The molecule has 1 rings (SSSR count). The van der Waals surface area contributed by atoms with Crippen LogP contribution in [0.5, 0.6) is 0 Å². The molecule has 0 aromatic heterocycles. The predicted octanol–water partition coefficient (Wildman–Crippen LogP) is 3.12. The van der Waals surface area contributed by atoms with Crippen LogP contribution in [0.1, 0.15) is 13.8 Å². The SMILES string of the molecule is CCN(CC)C(N=C=S)=Nc1ccccc1. The van der Waals surface area contributed by atoms with Crippen molar-refractivity contribution in [3.63, 3.8) is 0 Å². The first-order valence-electron chi connectivity index (χ1n) is 5.28. The van der Waals surface area contributed by atoms with Gasteiger partial charge in [-0.3, -0.25) is 0 Å². The molecule has 0 saturated heterocycles. The molecule has 0 aliphatic rings. The third kappa shape index (κ3) is 3.57. The predicted molar refractivity (Wildman–Crippen MR) is 71.5 cm³/mol. The van der Waals surface area contributed by atoms with Crippen molar-refractivity contribution < 1.29 is 0 Å². The summed E-state index contributed by atoms with van der Waals surface area (Å²) in [7, 11) is 0. The number of benzene rings is 1. The normalized spacial score (nSPS) is 10.8. The highest BCUT2D eigenvalue weighted by Gasteiger charge is 2.05. The van der Waals surface area contributed by atoms with E-state index >= 15 is 0 Å². The highest BCUT2D eigenvalue weighted by Crippen LogP contribution is 2.11. The average Bonchev–Trinajstić information content (AvgIpc) is 2.32. The Bertz CT molecular complexity index is 390. The van der Waals surface area contributed by atoms with Crippen molar-refractivity contribution in [2.45, 2.75) is 13.8 Å². The first-order chi connectivity index (χ1) is 7.81. The van der Waals surface area contributed by atoms with Crippen molar-refractivity contribution in [1.29, 1.82) is 0 Å². The largest absolute Gasteiger partial charge is 0.341 e. The minimum absolute atomic E-state index is 0.617. The number of thiocarbonyl (C=S) groups is 1. The zero-order chi connectivity index (χ0) is 11.8. The first kappa shape index (κ1) is 12.6. The molecule has 0 spiro atoms. The van der Waals surface area contributed by atoms with Gasteiger partial charge in [-0.2, -0.15) is 4.99 Å². The zero-order valence-electron chi connectivity index (χ0n) is 9.55. The Morgan fingerprint density at radius 2 is 1.88 bits per heavy atom. The van der Waals surface area contributed by atoms with Gasteiger partial charge in [0.15, 0.2) is 0 Å². The fourth-order valence-corrected chi connectivity index (χ4v) is 1.41. The van der Waals surface area contributed by atoms with Gasteiger partial charge >= 0.3 is 0 Å². The van der Waals surface area contributed by atoms with Gasteiger partial charge in [-0.05, 0) is 38.2 Å². The number of hydrogen-bond acceptors (Lipinski definition) is 2. The molecule has 0 amide bonds. The highest BCUT2D eigenvalue weighted by molar-refractivity contribution is 7.78. The summed E-state index contributed by atoms with van der Waals surface area (Å²) in [6, 6.07) is 9.71. The summed E-state index contributed by atoms with van der Waals surface area (Å²) in [5.74, 6) is 0.617. The summed E-state index contributed by atoms with van der Waals surface area (Å²) in [6.45, 7) is 5.82. The fraction of sp³-hybridized carbons (Fsp3) is 0.333. The Labute approximate surface area is 102 Å². The minimum Gasteiger partial charge on any atom is -0.341 e. The van der Waals surface area contributed by atoms with E-state index in [1.54, 1.807) is 0 Å². The van der Waals surface area contributed by atoms with Crippen LogP contribution in [0.15, 0.2) is 40.3 Å². The Morgan fingerprint density at radius 1 is 1.25 bits per heavy atom. The highest BCUT2D eigenvalue weighted by atomic mass is 32.1. The van der Waals surface area contributed by atoms with Gasteiger partial charge in [0.2, 0.25) is 5.96 Å². The van der Waals surface area contributed by atoms with Crippen LogP contribution in [-0.4, -0.2) is 29.1 Å². The Morgan fingerprint density at radius 3 is 2.38 bits per heavy atom. The van der Waals surface area contributed by atoms with Crippen LogP contribution in [0.2, 0.25) is 0 Å². The van der Waals surface area contributed by atoms with Crippen molar-refractivity contribution in [2.24, 2.45) is 9.98 Å². The van der Waals surface area contributed by atoms with Crippen molar-refractivity contribution in [1.82, 2.24) is 4.90 Å². The van der Waals surface area contributed by atoms with Crippen molar-refractivity contribution in [3.05, 3.63) is 30.3 Å². The molecule has 3 nitrogen and oxygen atoms in total. The van der Waals surface area contributed by atoms with Crippen LogP contribution in [0.3, 0.4) is 0 Å². The maximum absolute atomic E-state index is 4.64. The third-order valence-electron chi connectivity index (χ3n) is 2.18. The summed E-state index contributed by atoms with van der Waals surface area (Å²) in [5, 5.41) is 2.37. The topological polar surface area (TPSA) is 28.0 Å². The summed E-state index contributed by atoms with van der Waals surface area (Å²) < 4.78 is 0. The number of hydrogen-bond donors (Lipinski definition) is 0. The van der Waals surface area contributed by atoms with Gasteiger partial charge in [0.25, 0.3) is 0 Å².